The molecule has 0 aliphatic carbocycles. The van der Waals surface area contributed by atoms with Gasteiger partial charge in [0.25, 0.3) is 5.91 Å². The number of nitrogens with one attached hydrogen (secondary N) is 3. The molecule has 4 rings (SSSR count). The summed E-state index contributed by atoms with van der Waals surface area (Å²) in [6.45, 7) is 1.97. The summed E-state index contributed by atoms with van der Waals surface area (Å²) in [6.07, 6.45) is 0.270. The first-order valence-corrected chi connectivity index (χ1v) is 11.6. The number of benzene rings is 3. The van der Waals surface area contributed by atoms with Gasteiger partial charge in [-0.2, -0.15) is 0 Å². The number of hydrogen-bond acceptors (Lipinski definition) is 6. The summed E-state index contributed by atoms with van der Waals surface area (Å²) in [5.41, 5.74) is 4.35. The van der Waals surface area contributed by atoms with Crippen molar-refractivity contribution in [3.63, 3.8) is 0 Å². The van der Waals surface area contributed by atoms with Crippen LogP contribution >= 0.6 is 0 Å². The van der Waals surface area contributed by atoms with Crippen molar-refractivity contribution in [1.82, 2.24) is 10.5 Å². The molecule has 0 saturated carbocycles. The number of anilines is 2. The minimum atomic E-state index is -0.884. The molecule has 0 aliphatic rings. The van der Waals surface area contributed by atoms with Crippen LogP contribution in [-0.2, 0) is 16.0 Å². The predicted octanol–water partition coefficient (Wildman–Crippen LogP) is 4.81. The average Bonchev–Trinajstić information content (AvgIpc) is 3.41. The van der Waals surface area contributed by atoms with E-state index in [2.05, 4.69) is 21.1 Å². The lowest BCUT2D eigenvalue weighted by molar-refractivity contribution is -0.142. The lowest BCUT2D eigenvalue weighted by atomic mass is 10.1. The van der Waals surface area contributed by atoms with E-state index in [4.69, 9.17) is 9.26 Å². The van der Waals surface area contributed by atoms with Gasteiger partial charge in [-0.15, -0.1) is 0 Å². The second-order valence-corrected chi connectivity index (χ2v) is 8.34. The van der Waals surface area contributed by atoms with Gasteiger partial charge in [0.1, 0.15) is 11.7 Å². The number of methoxy groups -OCH3 is 1. The minimum Gasteiger partial charge on any atom is -0.467 e. The molecule has 1 aromatic heterocycles. The summed E-state index contributed by atoms with van der Waals surface area (Å²) >= 11 is 0. The zero-order chi connectivity index (χ0) is 26.2. The Labute approximate surface area is 213 Å². The van der Waals surface area contributed by atoms with Crippen molar-refractivity contribution in [3.05, 3.63) is 102 Å². The Bertz CT molecular complexity index is 1370. The highest BCUT2D eigenvalue weighted by Crippen LogP contribution is 2.22. The van der Waals surface area contributed by atoms with Crippen LogP contribution in [0.25, 0.3) is 11.3 Å². The molecule has 9 heteroatoms. The third-order valence-corrected chi connectivity index (χ3v) is 5.56. The van der Waals surface area contributed by atoms with Crippen LogP contribution in [0.4, 0.5) is 16.2 Å². The Balaban J connectivity index is 1.37. The number of urea groups is 1. The van der Waals surface area contributed by atoms with Crippen molar-refractivity contribution in [2.24, 2.45) is 0 Å². The van der Waals surface area contributed by atoms with Crippen LogP contribution in [0.5, 0.6) is 0 Å². The molecule has 3 amide bonds. The van der Waals surface area contributed by atoms with Crippen LogP contribution in [-0.4, -0.2) is 36.2 Å². The van der Waals surface area contributed by atoms with Crippen LogP contribution in [0.1, 0.15) is 21.7 Å². The minimum absolute atomic E-state index is 0.0448. The van der Waals surface area contributed by atoms with Crippen molar-refractivity contribution in [2.45, 2.75) is 19.4 Å². The molecule has 0 fully saturated rings. The van der Waals surface area contributed by atoms with E-state index in [9.17, 15) is 14.4 Å². The maximum atomic E-state index is 12.7. The number of esters is 1. The maximum Gasteiger partial charge on any atom is 0.328 e. The standard InChI is InChI=1S/C28H26N4O5/c1-18-8-12-21(13-9-18)29-28(35)30-22-14-10-20(11-15-22)23-17-25(37-32-23)26(33)31-24(27(34)36-2)16-19-6-4-3-5-7-19/h3-15,17,24H,16H2,1-2H3,(H,31,33)(H2,29,30,35). The molecule has 0 radical (unpaired) electrons. The molecule has 37 heavy (non-hydrogen) atoms. The van der Waals surface area contributed by atoms with Crippen molar-refractivity contribution in [3.8, 4) is 11.3 Å². The molecule has 1 atom stereocenters. The molecule has 188 valence electrons. The largest absolute Gasteiger partial charge is 0.467 e. The lowest BCUT2D eigenvalue weighted by Crippen LogP contribution is -2.43. The number of aryl methyl sites for hydroxylation is 1. The highest BCUT2D eigenvalue weighted by Gasteiger charge is 2.24. The summed E-state index contributed by atoms with van der Waals surface area (Å²) in [7, 11) is 1.27. The second-order valence-electron chi connectivity index (χ2n) is 8.34. The predicted molar refractivity (Wildman–Crippen MR) is 139 cm³/mol. The number of amides is 3. The van der Waals surface area contributed by atoms with E-state index >= 15 is 0 Å². The SMILES string of the molecule is COC(=O)C(Cc1ccccc1)NC(=O)c1cc(-c2ccc(NC(=O)Nc3ccc(C)cc3)cc2)no1. The monoisotopic (exact) mass is 498 g/mol. The topological polar surface area (TPSA) is 123 Å². The number of rotatable bonds is 8. The van der Waals surface area contributed by atoms with Gasteiger partial charge in [-0.25, -0.2) is 9.59 Å². The number of nitrogens with zero attached hydrogens (tertiary/aromatic N) is 1. The van der Waals surface area contributed by atoms with Gasteiger partial charge in [-0.05, 0) is 36.8 Å². The van der Waals surface area contributed by atoms with E-state index in [1.54, 1.807) is 24.3 Å². The molecule has 1 unspecified atom stereocenters. The Kier molecular flexibility index (Phi) is 7.95. The molecule has 0 saturated heterocycles. The summed E-state index contributed by atoms with van der Waals surface area (Å²) in [5.74, 6) is -1.20. The fourth-order valence-electron chi connectivity index (χ4n) is 3.59. The van der Waals surface area contributed by atoms with Crippen LogP contribution in [0, 0.1) is 6.92 Å². The van der Waals surface area contributed by atoms with Crippen LogP contribution in [0.2, 0.25) is 0 Å². The fraction of sp³-hybridized carbons (Fsp3) is 0.143. The van der Waals surface area contributed by atoms with E-state index in [0.29, 0.717) is 22.6 Å². The van der Waals surface area contributed by atoms with Crippen molar-refractivity contribution < 1.29 is 23.6 Å². The quantitative estimate of drug-likeness (QED) is 0.300. The normalized spacial score (nSPS) is 11.3. The number of carbonyl (C=O) groups is 3. The Morgan fingerprint density at radius 2 is 1.51 bits per heavy atom. The van der Waals surface area contributed by atoms with Gasteiger partial charge < -0.3 is 25.2 Å². The third kappa shape index (κ3) is 6.82. The summed E-state index contributed by atoms with van der Waals surface area (Å²) in [6, 6.07) is 23.9. The molecule has 0 spiro atoms. The van der Waals surface area contributed by atoms with Gasteiger partial charge in [-0.1, -0.05) is 65.3 Å². The Morgan fingerprint density at radius 1 is 0.892 bits per heavy atom. The fourth-order valence-corrected chi connectivity index (χ4v) is 3.59. The van der Waals surface area contributed by atoms with Crippen LogP contribution in [0.3, 0.4) is 0 Å². The van der Waals surface area contributed by atoms with Crippen LogP contribution in [0.15, 0.2) is 89.5 Å². The van der Waals surface area contributed by atoms with E-state index in [-0.39, 0.29) is 18.2 Å². The first-order chi connectivity index (χ1) is 17.9. The second kappa shape index (κ2) is 11.7. The highest BCUT2D eigenvalue weighted by atomic mass is 16.5. The number of aromatic nitrogens is 1. The lowest BCUT2D eigenvalue weighted by Gasteiger charge is -2.15. The van der Waals surface area contributed by atoms with E-state index in [0.717, 1.165) is 11.1 Å². The maximum absolute atomic E-state index is 12.7. The van der Waals surface area contributed by atoms with E-state index in [1.165, 1.54) is 13.2 Å². The summed E-state index contributed by atoms with van der Waals surface area (Å²) in [4.78, 5) is 37.2. The van der Waals surface area contributed by atoms with Crippen molar-refractivity contribution in [2.75, 3.05) is 17.7 Å². The number of hydrogen-bond donors (Lipinski definition) is 3. The summed E-state index contributed by atoms with van der Waals surface area (Å²) < 4.78 is 10.1. The zero-order valence-electron chi connectivity index (χ0n) is 20.4. The van der Waals surface area contributed by atoms with Gasteiger partial charge in [0, 0.05) is 29.4 Å². The average molecular weight is 499 g/mol. The molecule has 9 nitrogen and oxygen atoms in total. The molecular weight excluding hydrogens is 472 g/mol. The van der Waals surface area contributed by atoms with Gasteiger partial charge in [0.05, 0.1) is 7.11 Å². The molecule has 4 aromatic rings. The first kappa shape index (κ1) is 25.2. The molecular formula is C28H26N4O5. The van der Waals surface area contributed by atoms with Gasteiger partial charge >= 0.3 is 12.0 Å². The number of carbonyl (C=O) groups excluding carboxylic acids is 3. The molecule has 1 heterocycles. The van der Waals surface area contributed by atoms with Crippen molar-refractivity contribution >= 4 is 29.3 Å². The number of ether oxygens (including phenoxy) is 1. The van der Waals surface area contributed by atoms with Gasteiger partial charge in [-0.3, -0.25) is 4.79 Å². The van der Waals surface area contributed by atoms with Gasteiger partial charge in [0.2, 0.25) is 5.76 Å². The van der Waals surface area contributed by atoms with E-state index in [1.807, 2.05) is 61.5 Å². The van der Waals surface area contributed by atoms with Gasteiger partial charge in [0.15, 0.2) is 0 Å². The Morgan fingerprint density at radius 3 is 2.14 bits per heavy atom. The molecule has 3 aromatic carbocycles. The van der Waals surface area contributed by atoms with Crippen LogP contribution < -0.4 is 16.0 Å². The zero-order valence-corrected chi connectivity index (χ0v) is 20.4. The summed E-state index contributed by atoms with van der Waals surface area (Å²) in [5, 5.41) is 12.1. The highest BCUT2D eigenvalue weighted by molar-refractivity contribution is 6.00. The third-order valence-electron chi connectivity index (χ3n) is 5.56. The molecule has 0 bridgehead atoms. The van der Waals surface area contributed by atoms with E-state index < -0.39 is 17.9 Å². The van der Waals surface area contributed by atoms with Crippen molar-refractivity contribution in [1.29, 1.82) is 0 Å². The molecule has 0 aliphatic heterocycles. The molecule has 3 N–H and O–H groups in total. The first-order valence-electron chi connectivity index (χ1n) is 11.6. The smallest absolute Gasteiger partial charge is 0.328 e. The Hall–Kier alpha value is -4.92.